The second-order valence-corrected chi connectivity index (χ2v) is 6.17. The number of nitrogens with zero attached hydrogens (tertiary/aromatic N) is 1. The Balaban J connectivity index is 1.92. The van der Waals surface area contributed by atoms with Crippen LogP contribution in [0.3, 0.4) is 0 Å². The van der Waals surface area contributed by atoms with E-state index in [1.165, 1.54) is 44.2 Å². The van der Waals surface area contributed by atoms with E-state index in [1.807, 2.05) is 6.07 Å². The van der Waals surface area contributed by atoms with Crippen LogP contribution in [0.15, 0.2) is 24.3 Å². The fourth-order valence-corrected chi connectivity index (χ4v) is 3.74. The molecule has 2 nitrogen and oxygen atoms in total. The van der Waals surface area contributed by atoms with Crippen LogP contribution in [0.2, 0.25) is 0 Å². The third-order valence-electron chi connectivity index (χ3n) is 3.72. The molecule has 100 valence electrons. The Kier molecular flexibility index (Phi) is 3.51. The van der Waals surface area contributed by atoms with E-state index in [1.54, 1.807) is 17.4 Å². The van der Waals surface area contributed by atoms with Crippen molar-refractivity contribution < 1.29 is 4.39 Å². The quantitative estimate of drug-likeness (QED) is 0.872. The number of benzene rings is 1. The summed E-state index contributed by atoms with van der Waals surface area (Å²) in [5, 5.41) is 1.82. The van der Waals surface area contributed by atoms with Gasteiger partial charge in [-0.15, -0.1) is 11.3 Å². The number of nitrogen functional groups attached to an aromatic ring is 1. The van der Waals surface area contributed by atoms with Crippen LogP contribution in [0.25, 0.3) is 11.3 Å². The van der Waals surface area contributed by atoms with E-state index in [4.69, 9.17) is 5.73 Å². The molecule has 2 aromatic rings. The van der Waals surface area contributed by atoms with Crippen molar-refractivity contribution in [3.8, 4) is 11.3 Å². The van der Waals surface area contributed by atoms with Crippen molar-refractivity contribution in [2.45, 2.75) is 38.0 Å². The Morgan fingerprint density at radius 1 is 1.21 bits per heavy atom. The summed E-state index contributed by atoms with van der Waals surface area (Å²) in [6.45, 7) is 0. The van der Waals surface area contributed by atoms with Gasteiger partial charge in [-0.1, -0.05) is 31.4 Å². The lowest BCUT2D eigenvalue weighted by molar-refractivity contribution is 0.442. The second-order valence-electron chi connectivity index (χ2n) is 5.11. The molecule has 1 aliphatic carbocycles. The molecule has 1 aromatic carbocycles. The minimum absolute atomic E-state index is 0.246. The summed E-state index contributed by atoms with van der Waals surface area (Å²) in [6, 6.07) is 6.49. The van der Waals surface area contributed by atoms with Gasteiger partial charge in [0.15, 0.2) is 0 Å². The predicted molar refractivity (Wildman–Crippen MR) is 77.7 cm³/mol. The van der Waals surface area contributed by atoms with Crippen LogP contribution in [0.1, 0.15) is 43.0 Å². The summed E-state index contributed by atoms with van der Waals surface area (Å²) in [6.07, 6.45) is 6.29. The van der Waals surface area contributed by atoms with Gasteiger partial charge in [0, 0.05) is 11.5 Å². The molecule has 0 atom stereocenters. The van der Waals surface area contributed by atoms with Crippen molar-refractivity contribution in [1.29, 1.82) is 0 Å². The van der Waals surface area contributed by atoms with Crippen molar-refractivity contribution in [3.63, 3.8) is 0 Å². The highest BCUT2D eigenvalue weighted by Gasteiger charge is 2.21. The van der Waals surface area contributed by atoms with Gasteiger partial charge in [0.05, 0.1) is 5.01 Å². The minimum atomic E-state index is -0.246. The summed E-state index contributed by atoms with van der Waals surface area (Å²) in [4.78, 5) is 4.67. The maximum absolute atomic E-state index is 13.3. The zero-order valence-corrected chi connectivity index (χ0v) is 11.5. The number of nitrogens with two attached hydrogens (primary N) is 1. The smallest absolute Gasteiger partial charge is 0.123 e. The highest BCUT2D eigenvalue weighted by molar-refractivity contribution is 7.16. The Morgan fingerprint density at radius 2 is 2.00 bits per heavy atom. The summed E-state index contributed by atoms with van der Waals surface area (Å²) in [5.74, 6) is 0.299. The fraction of sp³-hybridized carbons (Fsp3) is 0.400. The molecule has 1 heterocycles. The van der Waals surface area contributed by atoms with Gasteiger partial charge in [0.25, 0.3) is 0 Å². The van der Waals surface area contributed by atoms with Gasteiger partial charge in [-0.3, -0.25) is 0 Å². The molecular weight excluding hydrogens is 259 g/mol. The lowest BCUT2D eigenvalue weighted by Crippen LogP contribution is -2.03. The molecule has 1 saturated carbocycles. The third-order valence-corrected chi connectivity index (χ3v) is 4.77. The number of anilines is 1. The van der Waals surface area contributed by atoms with E-state index in [9.17, 15) is 4.39 Å². The van der Waals surface area contributed by atoms with Gasteiger partial charge in [-0.05, 0) is 25.0 Å². The Morgan fingerprint density at radius 3 is 2.74 bits per heavy atom. The average molecular weight is 276 g/mol. The molecule has 1 fully saturated rings. The number of hydrogen-bond donors (Lipinski definition) is 1. The summed E-state index contributed by atoms with van der Waals surface area (Å²) >= 11 is 1.57. The number of thiazole rings is 1. The lowest BCUT2D eigenvalue weighted by atomic mass is 9.90. The van der Waals surface area contributed by atoms with E-state index in [0.29, 0.717) is 10.9 Å². The van der Waals surface area contributed by atoms with Gasteiger partial charge < -0.3 is 5.73 Å². The van der Waals surface area contributed by atoms with Crippen molar-refractivity contribution in [2.24, 2.45) is 0 Å². The van der Waals surface area contributed by atoms with Crippen LogP contribution in [-0.4, -0.2) is 4.98 Å². The van der Waals surface area contributed by atoms with Crippen molar-refractivity contribution in [2.75, 3.05) is 5.73 Å². The van der Waals surface area contributed by atoms with Crippen LogP contribution in [0.4, 0.5) is 9.39 Å². The van der Waals surface area contributed by atoms with Gasteiger partial charge in [0.1, 0.15) is 16.5 Å². The molecule has 0 amide bonds. The van der Waals surface area contributed by atoms with Crippen LogP contribution in [0.5, 0.6) is 0 Å². The molecule has 4 heteroatoms. The highest BCUT2D eigenvalue weighted by atomic mass is 32.1. The molecule has 1 aromatic heterocycles. The molecule has 0 spiro atoms. The molecule has 1 aliphatic rings. The first-order valence-corrected chi connectivity index (χ1v) is 7.58. The van der Waals surface area contributed by atoms with Gasteiger partial charge in [-0.25, -0.2) is 9.37 Å². The normalized spacial score (nSPS) is 16.7. The summed E-state index contributed by atoms with van der Waals surface area (Å²) < 4.78 is 13.3. The zero-order chi connectivity index (χ0) is 13.2. The second kappa shape index (κ2) is 5.29. The average Bonchev–Trinajstić information content (AvgIpc) is 2.82. The van der Waals surface area contributed by atoms with Crippen LogP contribution >= 0.6 is 11.3 Å². The molecule has 0 bridgehead atoms. The monoisotopic (exact) mass is 276 g/mol. The first-order chi connectivity index (χ1) is 9.24. The van der Waals surface area contributed by atoms with Crippen LogP contribution in [-0.2, 0) is 0 Å². The Bertz CT molecular complexity index is 573. The van der Waals surface area contributed by atoms with E-state index in [2.05, 4.69) is 4.98 Å². The van der Waals surface area contributed by atoms with Gasteiger partial charge in [-0.2, -0.15) is 0 Å². The Hall–Kier alpha value is -1.42. The standard InChI is InChI=1S/C15H17FN2S/c16-12-8-4-7-11(9-12)13-14(17)19-15(18-13)10-5-2-1-3-6-10/h4,7-10H,1-3,5-6,17H2. The maximum atomic E-state index is 13.3. The highest BCUT2D eigenvalue weighted by Crippen LogP contribution is 2.39. The van der Waals surface area contributed by atoms with E-state index in [-0.39, 0.29) is 5.82 Å². The topological polar surface area (TPSA) is 38.9 Å². The van der Waals surface area contributed by atoms with Gasteiger partial charge >= 0.3 is 0 Å². The Labute approximate surface area is 116 Å². The molecule has 0 unspecified atom stereocenters. The van der Waals surface area contributed by atoms with Gasteiger partial charge in [0.2, 0.25) is 0 Å². The van der Waals surface area contributed by atoms with Crippen LogP contribution < -0.4 is 5.73 Å². The fourth-order valence-electron chi connectivity index (χ4n) is 2.72. The molecule has 2 N–H and O–H groups in total. The summed E-state index contributed by atoms with van der Waals surface area (Å²) in [7, 11) is 0. The minimum Gasteiger partial charge on any atom is -0.389 e. The SMILES string of the molecule is Nc1sc(C2CCCCC2)nc1-c1cccc(F)c1. The number of halogens is 1. The van der Waals surface area contributed by atoms with E-state index >= 15 is 0 Å². The largest absolute Gasteiger partial charge is 0.389 e. The molecular formula is C15H17FN2S. The van der Waals surface area contributed by atoms with E-state index in [0.717, 1.165) is 16.3 Å². The zero-order valence-electron chi connectivity index (χ0n) is 10.7. The van der Waals surface area contributed by atoms with Crippen molar-refractivity contribution >= 4 is 16.3 Å². The molecule has 0 saturated heterocycles. The van der Waals surface area contributed by atoms with Crippen molar-refractivity contribution in [3.05, 3.63) is 35.1 Å². The van der Waals surface area contributed by atoms with Crippen molar-refractivity contribution in [1.82, 2.24) is 4.98 Å². The number of hydrogen-bond acceptors (Lipinski definition) is 3. The first-order valence-electron chi connectivity index (χ1n) is 6.76. The summed E-state index contributed by atoms with van der Waals surface area (Å²) in [5.41, 5.74) is 7.58. The predicted octanol–water partition coefficient (Wildman–Crippen LogP) is 4.58. The number of aromatic nitrogens is 1. The van der Waals surface area contributed by atoms with E-state index < -0.39 is 0 Å². The molecule has 0 aliphatic heterocycles. The third kappa shape index (κ3) is 2.63. The molecule has 19 heavy (non-hydrogen) atoms. The molecule has 3 rings (SSSR count). The number of rotatable bonds is 2. The lowest BCUT2D eigenvalue weighted by Gasteiger charge is -2.18. The maximum Gasteiger partial charge on any atom is 0.123 e. The van der Waals surface area contributed by atoms with Crippen LogP contribution in [0, 0.1) is 5.82 Å². The molecule has 0 radical (unpaired) electrons. The first kappa shape index (κ1) is 12.6.